The Morgan fingerprint density at radius 1 is 1.37 bits per heavy atom. The highest BCUT2D eigenvalue weighted by Crippen LogP contribution is 2.43. The van der Waals surface area contributed by atoms with Crippen molar-refractivity contribution in [3.63, 3.8) is 0 Å². The highest BCUT2D eigenvalue weighted by molar-refractivity contribution is 6.02. The van der Waals surface area contributed by atoms with Gasteiger partial charge in [-0.15, -0.1) is 0 Å². The molecular weight excluding hydrogens is 240 g/mol. The highest BCUT2D eigenvalue weighted by atomic mass is 16.5. The number of aliphatic imine (C=N–C) groups is 1. The number of ether oxygens (including phenoxy) is 1. The van der Waals surface area contributed by atoms with Gasteiger partial charge in [-0.3, -0.25) is 9.69 Å². The smallest absolute Gasteiger partial charge is 0.295 e. The third kappa shape index (κ3) is 2.23. The van der Waals surface area contributed by atoms with E-state index < -0.39 is 6.10 Å². The second kappa shape index (κ2) is 4.68. The van der Waals surface area contributed by atoms with Crippen LogP contribution in [0.2, 0.25) is 0 Å². The number of rotatable bonds is 3. The van der Waals surface area contributed by atoms with Crippen LogP contribution in [0.4, 0.5) is 0 Å². The maximum Gasteiger partial charge on any atom is 0.295 e. The van der Waals surface area contributed by atoms with Crippen molar-refractivity contribution in [2.45, 2.75) is 38.3 Å². The molecule has 1 heterocycles. The van der Waals surface area contributed by atoms with Crippen LogP contribution in [0.5, 0.6) is 0 Å². The van der Waals surface area contributed by atoms with Gasteiger partial charge in [0.2, 0.25) is 0 Å². The van der Waals surface area contributed by atoms with E-state index in [1.165, 1.54) is 5.56 Å². The molecule has 4 nitrogen and oxygen atoms in total. The van der Waals surface area contributed by atoms with Crippen LogP contribution in [0.1, 0.15) is 31.7 Å². The first-order valence-corrected chi connectivity index (χ1v) is 6.81. The van der Waals surface area contributed by atoms with Crippen LogP contribution in [0, 0.1) is 0 Å². The van der Waals surface area contributed by atoms with Crippen LogP contribution in [0.25, 0.3) is 0 Å². The van der Waals surface area contributed by atoms with Crippen molar-refractivity contribution in [2.75, 3.05) is 6.54 Å². The molecule has 1 aliphatic heterocycles. The second-order valence-corrected chi connectivity index (χ2v) is 5.07. The molecule has 1 aromatic carbocycles. The van der Waals surface area contributed by atoms with Gasteiger partial charge in [0.25, 0.3) is 11.9 Å². The van der Waals surface area contributed by atoms with Gasteiger partial charge in [-0.05, 0) is 25.8 Å². The molecule has 1 saturated heterocycles. The van der Waals surface area contributed by atoms with Crippen molar-refractivity contribution in [1.82, 2.24) is 4.90 Å². The zero-order valence-electron chi connectivity index (χ0n) is 11.2. The van der Waals surface area contributed by atoms with E-state index >= 15 is 0 Å². The largest absolute Gasteiger partial charge is 0.452 e. The monoisotopic (exact) mass is 258 g/mol. The van der Waals surface area contributed by atoms with E-state index in [-0.39, 0.29) is 11.9 Å². The average Bonchev–Trinajstić information content (AvgIpc) is 3.13. The third-order valence-corrected chi connectivity index (χ3v) is 3.70. The predicted octanol–water partition coefficient (Wildman–Crippen LogP) is 2.17. The van der Waals surface area contributed by atoms with Crippen molar-refractivity contribution in [3.8, 4) is 0 Å². The highest BCUT2D eigenvalue weighted by Gasteiger charge is 2.42. The predicted molar refractivity (Wildman–Crippen MR) is 73.0 cm³/mol. The number of nitrogens with zero attached hydrogens (tertiary/aromatic N) is 2. The molecular formula is C15H18N2O2. The Morgan fingerprint density at radius 2 is 2.11 bits per heavy atom. The Hall–Kier alpha value is -1.84. The number of hydrogen-bond donors (Lipinski definition) is 0. The summed E-state index contributed by atoms with van der Waals surface area (Å²) in [6.07, 6.45) is 0.643. The van der Waals surface area contributed by atoms with Gasteiger partial charge in [0.15, 0.2) is 6.10 Å². The van der Waals surface area contributed by atoms with Gasteiger partial charge in [0.05, 0.1) is 6.04 Å². The van der Waals surface area contributed by atoms with E-state index in [1.54, 1.807) is 11.8 Å². The molecule has 3 unspecified atom stereocenters. The fourth-order valence-corrected chi connectivity index (χ4v) is 2.50. The number of hydrogen-bond acceptors (Lipinski definition) is 3. The van der Waals surface area contributed by atoms with Gasteiger partial charge in [-0.2, -0.15) is 0 Å². The molecule has 0 bridgehead atoms. The molecule has 3 atom stereocenters. The second-order valence-electron chi connectivity index (χ2n) is 5.07. The van der Waals surface area contributed by atoms with E-state index in [1.807, 2.05) is 25.1 Å². The molecule has 0 N–H and O–H groups in total. The topological polar surface area (TPSA) is 41.9 Å². The van der Waals surface area contributed by atoms with Crippen molar-refractivity contribution < 1.29 is 9.53 Å². The zero-order valence-corrected chi connectivity index (χ0v) is 11.2. The minimum atomic E-state index is -0.396. The molecule has 0 radical (unpaired) electrons. The number of amidine groups is 1. The van der Waals surface area contributed by atoms with Crippen LogP contribution < -0.4 is 0 Å². The molecule has 1 amide bonds. The summed E-state index contributed by atoms with van der Waals surface area (Å²) in [7, 11) is 0. The Morgan fingerprint density at radius 3 is 2.79 bits per heavy atom. The van der Waals surface area contributed by atoms with Crippen LogP contribution in [0.3, 0.4) is 0 Å². The molecule has 4 heteroatoms. The average molecular weight is 258 g/mol. The first kappa shape index (κ1) is 12.2. The van der Waals surface area contributed by atoms with Crippen LogP contribution in [0.15, 0.2) is 35.3 Å². The number of likely N-dealkylation sites (N-methyl/N-ethyl adjacent to an activating group) is 1. The lowest BCUT2D eigenvalue weighted by molar-refractivity contribution is -0.128. The summed E-state index contributed by atoms with van der Waals surface area (Å²) in [5.41, 5.74) is 1.32. The maximum atomic E-state index is 11.8. The molecule has 19 heavy (non-hydrogen) atoms. The fourth-order valence-electron chi connectivity index (χ4n) is 2.50. The molecule has 0 spiro atoms. The SMILES string of the molecule is CCN1C(=O)C(C)OC1=NC1CC1c1ccccc1. The molecule has 1 aliphatic carbocycles. The molecule has 2 aliphatic rings. The zero-order chi connectivity index (χ0) is 13.4. The minimum Gasteiger partial charge on any atom is -0.452 e. The summed E-state index contributed by atoms with van der Waals surface area (Å²) in [6, 6.07) is 11.1. The van der Waals surface area contributed by atoms with Crippen LogP contribution in [-0.2, 0) is 9.53 Å². The van der Waals surface area contributed by atoms with E-state index in [0.717, 1.165) is 6.42 Å². The van der Waals surface area contributed by atoms with Gasteiger partial charge >= 0.3 is 0 Å². The Kier molecular flexibility index (Phi) is 3.01. The lowest BCUT2D eigenvalue weighted by atomic mass is 10.1. The molecule has 2 fully saturated rings. The summed E-state index contributed by atoms with van der Waals surface area (Å²) < 4.78 is 5.54. The van der Waals surface area contributed by atoms with Gasteiger partial charge in [0, 0.05) is 12.5 Å². The number of carbonyl (C=O) groups excluding carboxylic acids is 1. The summed E-state index contributed by atoms with van der Waals surface area (Å²) in [6.45, 7) is 4.33. The normalized spacial score (nSPS) is 31.7. The number of amides is 1. The Balaban J connectivity index is 1.73. The summed E-state index contributed by atoms with van der Waals surface area (Å²) >= 11 is 0. The Labute approximate surface area is 113 Å². The minimum absolute atomic E-state index is 0.0122. The first-order valence-electron chi connectivity index (χ1n) is 6.81. The summed E-state index contributed by atoms with van der Waals surface area (Å²) in [5, 5.41) is 0. The molecule has 0 aromatic heterocycles. The first-order chi connectivity index (χ1) is 9.20. The standard InChI is InChI=1S/C15H18N2O2/c1-3-17-14(18)10(2)19-15(17)16-13-9-12(13)11-7-5-4-6-8-11/h4-8,10,12-13H,3,9H2,1-2H3. The third-order valence-electron chi connectivity index (χ3n) is 3.70. The maximum absolute atomic E-state index is 11.8. The van der Waals surface area contributed by atoms with Crippen molar-refractivity contribution in [2.24, 2.45) is 4.99 Å². The van der Waals surface area contributed by atoms with Crippen LogP contribution in [-0.4, -0.2) is 35.5 Å². The molecule has 100 valence electrons. The van der Waals surface area contributed by atoms with Crippen molar-refractivity contribution >= 4 is 11.9 Å². The molecule has 3 rings (SSSR count). The van der Waals surface area contributed by atoms with E-state index in [9.17, 15) is 4.79 Å². The lowest BCUT2D eigenvalue weighted by Gasteiger charge is -2.10. The van der Waals surface area contributed by atoms with Gasteiger partial charge in [-0.25, -0.2) is 4.99 Å². The summed E-state index contributed by atoms with van der Waals surface area (Å²) in [4.78, 5) is 18.0. The Bertz CT molecular complexity index is 512. The number of carbonyl (C=O) groups is 1. The van der Waals surface area contributed by atoms with E-state index in [0.29, 0.717) is 18.5 Å². The lowest BCUT2D eigenvalue weighted by Crippen LogP contribution is -2.31. The van der Waals surface area contributed by atoms with Crippen molar-refractivity contribution in [1.29, 1.82) is 0 Å². The molecule has 1 saturated carbocycles. The van der Waals surface area contributed by atoms with Gasteiger partial charge in [0.1, 0.15) is 0 Å². The van der Waals surface area contributed by atoms with Gasteiger partial charge in [-0.1, -0.05) is 30.3 Å². The fraction of sp³-hybridized carbons (Fsp3) is 0.467. The van der Waals surface area contributed by atoms with E-state index in [2.05, 4.69) is 17.1 Å². The van der Waals surface area contributed by atoms with Gasteiger partial charge < -0.3 is 4.74 Å². The number of benzene rings is 1. The van der Waals surface area contributed by atoms with Crippen LogP contribution >= 0.6 is 0 Å². The molecule has 1 aromatic rings. The van der Waals surface area contributed by atoms with E-state index in [4.69, 9.17) is 4.74 Å². The summed E-state index contributed by atoms with van der Waals surface area (Å²) in [5.74, 6) is 0.486. The van der Waals surface area contributed by atoms with Crippen molar-refractivity contribution in [3.05, 3.63) is 35.9 Å². The quantitative estimate of drug-likeness (QED) is 0.833.